The maximum atomic E-state index is 12.7. The maximum absolute atomic E-state index is 12.7. The molecule has 1 atom stereocenters. The molecule has 1 aliphatic rings. The normalized spacial score (nSPS) is 16.9. The van der Waals surface area contributed by atoms with Gasteiger partial charge in [-0.3, -0.25) is 4.79 Å². The topological polar surface area (TPSA) is 50.2 Å². The van der Waals surface area contributed by atoms with Gasteiger partial charge in [0, 0.05) is 31.7 Å². The highest BCUT2D eigenvalue weighted by Crippen LogP contribution is 2.18. The minimum absolute atomic E-state index is 0.0921. The number of nitrogens with one attached hydrogen (secondary N) is 1. The Morgan fingerprint density at radius 3 is 2.73 bits per heavy atom. The summed E-state index contributed by atoms with van der Waals surface area (Å²) in [4.78, 5) is 19.2. The summed E-state index contributed by atoms with van der Waals surface area (Å²) in [5.74, 6) is 1.09. The third-order valence-corrected chi connectivity index (χ3v) is 5.29. The third kappa shape index (κ3) is 3.10. The van der Waals surface area contributed by atoms with Crippen molar-refractivity contribution in [2.45, 2.75) is 25.9 Å². The largest absolute Gasteiger partial charge is 0.337 e. The number of nitrogens with zero attached hydrogens (tertiary/aromatic N) is 3. The van der Waals surface area contributed by atoms with Crippen LogP contribution in [-0.2, 0) is 6.54 Å². The van der Waals surface area contributed by atoms with Gasteiger partial charge in [0.2, 0.25) is 0 Å². The van der Waals surface area contributed by atoms with Crippen molar-refractivity contribution >= 4 is 16.9 Å². The van der Waals surface area contributed by atoms with E-state index in [0.29, 0.717) is 6.04 Å². The van der Waals surface area contributed by atoms with E-state index in [1.807, 2.05) is 61.3 Å². The molecule has 1 aliphatic heterocycles. The summed E-state index contributed by atoms with van der Waals surface area (Å²) in [6.07, 6.45) is 1.02. The molecular weight excluding hydrogens is 324 g/mol. The van der Waals surface area contributed by atoms with Gasteiger partial charge in [0.05, 0.1) is 11.0 Å². The predicted octanol–water partition coefficient (Wildman–Crippen LogP) is 2.83. The number of imidazole rings is 1. The molecule has 2 aromatic carbocycles. The molecule has 1 saturated heterocycles. The highest BCUT2D eigenvalue weighted by molar-refractivity contribution is 5.94. The highest BCUT2D eigenvalue weighted by atomic mass is 16.2. The van der Waals surface area contributed by atoms with Crippen LogP contribution in [0.5, 0.6) is 0 Å². The molecule has 3 aromatic rings. The number of amides is 1. The lowest BCUT2D eigenvalue weighted by Gasteiger charge is -2.23. The second kappa shape index (κ2) is 6.92. The van der Waals surface area contributed by atoms with Crippen molar-refractivity contribution < 1.29 is 4.79 Å². The molecule has 26 heavy (non-hydrogen) atoms. The number of hydrogen-bond donors (Lipinski definition) is 1. The van der Waals surface area contributed by atoms with E-state index >= 15 is 0 Å². The smallest absolute Gasteiger partial charge is 0.253 e. The number of para-hydroxylation sites is 2. The van der Waals surface area contributed by atoms with Gasteiger partial charge in [-0.25, -0.2) is 4.98 Å². The second-order valence-corrected chi connectivity index (χ2v) is 6.99. The lowest BCUT2D eigenvalue weighted by Crippen LogP contribution is -2.38. The lowest BCUT2D eigenvalue weighted by molar-refractivity contribution is 0.0744. The average molecular weight is 348 g/mol. The van der Waals surface area contributed by atoms with Crippen LogP contribution in [-0.4, -0.2) is 46.5 Å². The molecule has 0 unspecified atom stereocenters. The zero-order chi connectivity index (χ0) is 18.1. The molecule has 0 aliphatic carbocycles. The van der Waals surface area contributed by atoms with Gasteiger partial charge in [-0.15, -0.1) is 0 Å². The number of hydrogen-bond acceptors (Lipinski definition) is 3. The van der Waals surface area contributed by atoms with E-state index in [9.17, 15) is 4.79 Å². The maximum Gasteiger partial charge on any atom is 0.253 e. The number of aromatic nitrogens is 2. The fourth-order valence-corrected chi connectivity index (χ4v) is 3.67. The van der Waals surface area contributed by atoms with Crippen molar-refractivity contribution in [2.24, 2.45) is 0 Å². The van der Waals surface area contributed by atoms with Crippen molar-refractivity contribution in [3.8, 4) is 0 Å². The molecule has 5 nitrogen and oxygen atoms in total. The molecule has 1 aromatic heterocycles. The van der Waals surface area contributed by atoms with Crippen LogP contribution in [0.2, 0.25) is 0 Å². The van der Waals surface area contributed by atoms with Crippen LogP contribution in [0.1, 0.15) is 28.2 Å². The van der Waals surface area contributed by atoms with Crippen LogP contribution in [0.25, 0.3) is 11.0 Å². The zero-order valence-electron chi connectivity index (χ0n) is 15.3. The minimum Gasteiger partial charge on any atom is -0.337 e. The Hall–Kier alpha value is -2.66. The number of carbonyl (C=O) groups is 1. The Morgan fingerprint density at radius 2 is 2.00 bits per heavy atom. The first-order valence-electron chi connectivity index (χ1n) is 9.12. The molecule has 0 spiro atoms. The van der Waals surface area contributed by atoms with Crippen LogP contribution in [0.4, 0.5) is 0 Å². The first kappa shape index (κ1) is 16.8. The van der Waals surface area contributed by atoms with Crippen LogP contribution in [0, 0.1) is 6.92 Å². The fraction of sp³-hybridized carbons (Fsp3) is 0.333. The Morgan fingerprint density at radius 1 is 1.23 bits per heavy atom. The zero-order valence-corrected chi connectivity index (χ0v) is 15.3. The number of carbonyl (C=O) groups excluding carboxylic acids is 1. The van der Waals surface area contributed by atoms with Crippen LogP contribution in [0.15, 0.2) is 48.5 Å². The molecule has 134 valence electrons. The Kier molecular flexibility index (Phi) is 4.47. The monoisotopic (exact) mass is 348 g/mol. The van der Waals surface area contributed by atoms with Crippen molar-refractivity contribution in [1.29, 1.82) is 0 Å². The van der Waals surface area contributed by atoms with Crippen molar-refractivity contribution in [2.75, 3.05) is 20.1 Å². The lowest BCUT2D eigenvalue weighted by atomic mass is 10.1. The van der Waals surface area contributed by atoms with Crippen LogP contribution in [0.3, 0.4) is 0 Å². The summed E-state index contributed by atoms with van der Waals surface area (Å²) in [5, 5.41) is 3.31. The molecule has 2 heterocycles. The molecule has 0 saturated carbocycles. The quantitative estimate of drug-likeness (QED) is 0.789. The number of aryl methyl sites for hydroxylation is 1. The molecular formula is C21H24N4O. The van der Waals surface area contributed by atoms with Gasteiger partial charge in [0.1, 0.15) is 5.82 Å². The van der Waals surface area contributed by atoms with Crippen LogP contribution >= 0.6 is 0 Å². The standard InChI is InChI=1S/C21H24N4O/c1-15-23-19-5-3-4-6-20(19)25(15)14-16-7-9-17(10-8-16)21(26)24(2)18-11-12-22-13-18/h3-10,18,22H,11-14H2,1-2H3/t18-/m1/s1. The average Bonchev–Trinajstić information content (AvgIpc) is 3.30. The Bertz CT molecular complexity index is 923. The van der Waals surface area contributed by atoms with Crippen molar-refractivity contribution in [3.63, 3.8) is 0 Å². The predicted molar refractivity (Wildman–Crippen MR) is 103 cm³/mol. The molecule has 0 radical (unpaired) electrons. The Labute approximate surface area is 153 Å². The van der Waals surface area contributed by atoms with Gasteiger partial charge in [-0.1, -0.05) is 24.3 Å². The second-order valence-electron chi connectivity index (χ2n) is 6.99. The summed E-state index contributed by atoms with van der Waals surface area (Å²) in [5.41, 5.74) is 4.07. The minimum atomic E-state index is 0.0921. The summed E-state index contributed by atoms with van der Waals surface area (Å²) in [6.45, 7) is 4.65. The SMILES string of the molecule is Cc1nc2ccccc2n1Cc1ccc(C(=O)N(C)[C@@H]2CCNC2)cc1. The molecule has 1 N–H and O–H groups in total. The summed E-state index contributed by atoms with van der Waals surface area (Å²) >= 11 is 0. The third-order valence-electron chi connectivity index (χ3n) is 5.29. The van der Waals surface area contributed by atoms with E-state index in [2.05, 4.69) is 20.9 Å². The molecule has 4 rings (SSSR count). The molecule has 1 amide bonds. The van der Waals surface area contributed by atoms with E-state index in [-0.39, 0.29) is 5.91 Å². The van der Waals surface area contributed by atoms with Crippen molar-refractivity contribution in [1.82, 2.24) is 19.8 Å². The van der Waals surface area contributed by atoms with Gasteiger partial charge in [-0.2, -0.15) is 0 Å². The fourth-order valence-electron chi connectivity index (χ4n) is 3.67. The molecule has 0 bridgehead atoms. The van der Waals surface area contributed by atoms with Crippen molar-refractivity contribution in [3.05, 3.63) is 65.5 Å². The van der Waals surface area contributed by atoms with Gasteiger partial charge >= 0.3 is 0 Å². The van der Waals surface area contributed by atoms with E-state index in [0.717, 1.165) is 54.0 Å². The van der Waals surface area contributed by atoms with Crippen LogP contribution < -0.4 is 5.32 Å². The molecule has 1 fully saturated rings. The van der Waals surface area contributed by atoms with Gasteiger partial charge in [0.15, 0.2) is 0 Å². The van der Waals surface area contributed by atoms with E-state index in [1.165, 1.54) is 0 Å². The number of likely N-dealkylation sites (N-methyl/N-ethyl adjacent to an activating group) is 1. The Balaban J connectivity index is 1.52. The molecule has 5 heteroatoms. The van der Waals surface area contributed by atoms with E-state index in [4.69, 9.17) is 0 Å². The highest BCUT2D eigenvalue weighted by Gasteiger charge is 2.23. The van der Waals surface area contributed by atoms with E-state index < -0.39 is 0 Å². The van der Waals surface area contributed by atoms with Gasteiger partial charge < -0.3 is 14.8 Å². The summed E-state index contributed by atoms with van der Waals surface area (Å²) < 4.78 is 2.21. The number of benzene rings is 2. The van der Waals surface area contributed by atoms with E-state index in [1.54, 1.807) is 0 Å². The summed E-state index contributed by atoms with van der Waals surface area (Å²) in [6, 6.07) is 16.4. The summed E-state index contributed by atoms with van der Waals surface area (Å²) in [7, 11) is 1.90. The first-order chi connectivity index (χ1) is 12.6. The van der Waals surface area contributed by atoms with Gasteiger partial charge in [-0.05, 0) is 49.7 Å². The van der Waals surface area contributed by atoms with Gasteiger partial charge in [0.25, 0.3) is 5.91 Å². The first-order valence-corrected chi connectivity index (χ1v) is 9.12. The number of fused-ring (bicyclic) bond motifs is 1. The number of rotatable bonds is 4.